The molecule has 0 aromatic rings. The van der Waals surface area contributed by atoms with Crippen LogP contribution in [-0.2, 0) is 9.45 Å². The molecule has 1 rings (SSSR count). The summed E-state index contributed by atoms with van der Waals surface area (Å²) in [6, 6.07) is 0. The van der Waals surface area contributed by atoms with Crippen molar-refractivity contribution in [2.75, 3.05) is 0 Å². The van der Waals surface area contributed by atoms with E-state index in [4.69, 9.17) is 0 Å². The number of Topliss-reactive ketones (excluding diaryl/α,β-unsaturated/α-hetero) is 1. The highest BCUT2D eigenvalue weighted by Gasteiger charge is 2.24. The second kappa shape index (κ2) is 3.69. The van der Waals surface area contributed by atoms with Crippen molar-refractivity contribution in [1.82, 2.24) is 0 Å². The Balaban J connectivity index is 2.68. The third kappa shape index (κ3) is 2.06. The Labute approximate surface area is 69.8 Å². The van der Waals surface area contributed by atoms with Crippen molar-refractivity contribution in [3.8, 4) is 0 Å². The van der Waals surface area contributed by atoms with Crippen LogP contribution in [0.3, 0.4) is 0 Å². The fourth-order valence-electron chi connectivity index (χ4n) is 1.29. The van der Waals surface area contributed by atoms with E-state index in [0.717, 1.165) is 6.42 Å². The quantitative estimate of drug-likeness (QED) is 0.363. The summed E-state index contributed by atoms with van der Waals surface area (Å²) in [5, 5.41) is 0. The van der Waals surface area contributed by atoms with Gasteiger partial charge in [0.25, 0.3) is 0 Å². The van der Waals surface area contributed by atoms with E-state index in [1.165, 1.54) is 6.92 Å². The maximum atomic E-state index is 11.7. The number of carbonyl (C=O) groups excluding carboxylic acids is 1. The van der Waals surface area contributed by atoms with Crippen molar-refractivity contribution in [1.29, 1.82) is 0 Å². The van der Waals surface area contributed by atoms with Crippen molar-refractivity contribution in [2.45, 2.75) is 26.2 Å². The summed E-state index contributed by atoms with van der Waals surface area (Å²) >= 11 is 0. The molecule has 1 aliphatic rings. The van der Waals surface area contributed by atoms with Gasteiger partial charge in [0.05, 0.1) is 5.76 Å². The Morgan fingerprint density at radius 3 is 2.58 bits per heavy atom. The molecule has 0 unspecified atom stereocenters. The van der Waals surface area contributed by atoms with E-state index in [9.17, 15) is 13.4 Å². The standard InChI is InChI=1S/C7H9BF2O2/c1-5(12-8(9)10)6-3-2-4-7(6)11/h2-4H2,1H3/b6-5-. The Hall–Kier alpha value is -0.865. The van der Waals surface area contributed by atoms with Crippen LogP contribution in [0, 0.1) is 0 Å². The highest BCUT2D eigenvalue weighted by molar-refractivity contribution is 6.34. The molecule has 0 spiro atoms. The molecule has 0 aromatic heterocycles. The second-order valence-corrected chi connectivity index (χ2v) is 2.69. The van der Waals surface area contributed by atoms with Crippen molar-refractivity contribution >= 4 is 13.3 Å². The predicted octanol–water partition coefficient (Wildman–Crippen LogP) is 1.95. The maximum absolute atomic E-state index is 11.7. The van der Waals surface area contributed by atoms with Crippen LogP contribution < -0.4 is 0 Å². The molecule has 1 fully saturated rings. The number of hydrogen-bond acceptors (Lipinski definition) is 2. The average molecular weight is 174 g/mol. The first-order chi connectivity index (χ1) is 5.61. The molecule has 0 N–H and O–H groups in total. The molecule has 5 heteroatoms. The largest absolute Gasteiger partial charge is 0.796 e. The highest BCUT2D eigenvalue weighted by atomic mass is 19.2. The highest BCUT2D eigenvalue weighted by Crippen LogP contribution is 2.24. The Bertz CT molecular complexity index is 225. The van der Waals surface area contributed by atoms with Crippen LogP contribution in [0.4, 0.5) is 8.63 Å². The van der Waals surface area contributed by atoms with Crippen molar-refractivity contribution in [3.05, 3.63) is 11.3 Å². The van der Waals surface area contributed by atoms with Gasteiger partial charge >= 0.3 is 7.47 Å². The molecule has 1 aliphatic carbocycles. The van der Waals surface area contributed by atoms with Crippen LogP contribution in [0.1, 0.15) is 26.2 Å². The van der Waals surface area contributed by atoms with Crippen LogP contribution >= 0.6 is 0 Å². The summed E-state index contributed by atoms with van der Waals surface area (Å²) < 4.78 is 27.5. The van der Waals surface area contributed by atoms with Gasteiger partial charge in [-0.15, -0.1) is 0 Å². The van der Waals surface area contributed by atoms with E-state index >= 15 is 0 Å². The van der Waals surface area contributed by atoms with E-state index < -0.39 is 7.47 Å². The second-order valence-electron chi connectivity index (χ2n) is 2.69. The zero-order chi connectivity index (χ0) is 9.14. The number of halogens is 2. The summed E-state index contributed by atoms with van der Waals surface area (Å²) in [5.74, 6) is 0.0145. The van der Waals surface area contributed by atoms with E-state index in [1.807, 2.05) is 0 Å². The minimum atomic E-state index is -2.83. The van der Waals surface area contributed by atoms with Crippen molar-refractivity contribution in [2.24, 2.45) is 0 Å². The lowest BCUT2D eigenvalue weighted by molar-refractivity contribution is -0.114. The first-order valence-electron chi connectivity index (χ1n) is 3.79. The normalized spacial score (nSPS) is 21.1. The third-order valence-electron chi connectivity index (χ3n) is 1.86. The van der Waals surface area contributed by atoms with Gasteiger partial charge in [-0.2, -0.15) is 0 Å². The van der Waals surface area contributed by atoms with Crippen molar-refractivity contribution < 1.29 is 18.1 Å². The van der Waals surface area contributed by atoms with Gasteiger partial charge < -0.3 is 4.65 Å². The van der Waals surface area contributed by atoms with Gasteiger partial charge in [0, 0.05) is 12.0 Å². The SMILES string of the molecule is C/C(OB(F)F)=C1\CCCC1=O. The molecule has 12 heavy (non-hydrogen) atoms. The summed E-state index contributed by atoms with van der Waals surface area (Å²) in [7, 11) is -2.83. The molecule has 66 valence electrons. The molecular formula is C7H9BF2O2. The van der Waals surface area contributed by atoms with Gasteiger partial charge in [-0.25, -0.2) is 8.63 Å². The Morgan fingerprint density at radius 1 is 1.50 bits per heavy atom. The van der Waals surface area contributed by atoms with Crippen LogP contribution in [0.5, 0.6) is 0 Å². The number of allylic oxidation sites excluding steroid dienone is 2. The summed E-state index contributed by atoms with van der Waals surface area (Å²) in [6.07, 6.45) is 1.77. The zero-order valence-electron chi connectivity index (χ0n) is 6.77. The maximum Gasteiger partial charge on any atom is 0.796 e. The van der Waals surface area contributed by atoms with E-state index in [0.29, 0.717) is 18.4 Å². The fourth-order valence-corrected chi connectivity index (χ4v) is 1.29. The zero-order valence-corrected chi connectivity index (χ0v) is 6.77. The minimum Gasteiger partial charge on any atom is -0.509 e. The van der Waals surface area contributed by atoms with Gasteiger partial charge in [0.15, 0.2) is 5.78 Å². The lowest BCUT2D eigenvalue weighted by Crippen LogP contribution is -2.06. The smallest absolute Gasteiger partial charge is 0.509 e. The first kappa shape index (κ1) is 9.22. The molecule has 0 aliphatic heterocycles. The molecule has 0 saturated heterocycles. The van der Waals surface area contributed by atoms with Crippen LogP contribution in [0.25, 0.3) is 0 Å². The summed E-state index contributed by atoms with van der Waals surface area (Å²) in [5.41, 5.74) is 0.426. The topological polar surface area (TPSA) is 26.3 Å². The lowest BCUT2D eigenvalue weighted by atomic mass is 10.2. The van der Waals surface area contributed by atoms with Crippen LogP contribution in [0.15, 0.2) is 11.3 Å². The first-order valence-corrected chi connectivity index (χ1v) is 3.79. The molecule has 0 heterocycles. The van der Waals surface area contributed by atoms with Crippen LogP contribution in [0.2, 0.25) is 0 Å². The molecular weight excluding hydrogens is 165 g/mol. The molecule has 0 aromatic carbocycles. The van der Waals surface area contributed by atoms with E-state index in [2.05, 4.69) is 4.65 Å². The van der Waals surface area contributed by atoms with Gasteiger partial charge in [-0.3, -0.25) is 4.79 Å². The number of hydrogen-bond donors (Lipinski definition) is 0. The van der Waals surface area contributed by atoms with Gasteiger partial charge in [-0.05, 0) is 19.8 Å². The van der Waals surface area contributed by atoms with Gasteiger partial charge in [0.2, 0.25) is 0 Å². The van der Waals surface area contributed by atoms with E-state index in [-0.39, 0.29) is 11.5 Å². The molecule has 1 saturated carbocycles. The van der Waals surface area contributed by atoms with Crippen LogP contribution in [-0.4, -0.2) is 13.3 Å². The Morgan fingerprint density at radius 2 is 2.17 bits per heavy atom. The molecule has 2 nitrogen and oxygen atoms in total. The summed E-state index contributed by atoms with van der Waals surface area (Å²) in [4.78, 5) is 11.0. The van der Waals surface area contributed by atoms with E-state index in [1.54, 1.807) is 0 Å². The van der Waals surface area contributed by atoms with Crippen molar-refractivity contribution in [3.63, 3.8) is 0 Å². The minimum absolute atomic E-state index is 0.0619. The number of rotatable bonds is 2. The monoisotopic (exact) mass is 174 g/mol. The third-order valence-corrected chi connectivity index (χ3v) is 1.86. The molecule has 0 bridgehead atoms. The average Bonchev–Trinajstić information content (AvgIpc) is 2.33. The Kier molecular flexibility index (Phi) is 2.84. The fraction of sp³-hybridized carbons (Fsp3) is 0.571. The number of ketones is 1. The molecule has 0 radical (unpaired) electrons. The number of carbonyl (C=O) groups is 1. The predicted molar refractivity (Wildman–Crippen MR) is 40.6 cm³/mol. The van der Waals surface area contributed by atoms with Gasteiger partial charge in [0.1, 0.15) is 0 Å². The van der Waals surface area contributed by atoms with Gasteiger partial charge in [-0.1, -0.05) is 0 Å². The molecule has 0 amide bonds. The molecule has 0 atom stereocenters. The summed E-state index contributed by atoms with van der Waals surface area (Å²) in [6.45, 7) is 1.41. The lowest BCUT2D eigenvalue weighted by Gasteiger charge is -2.04.